The van der Waals surface area contributed by atoms with Crippen molar-refractivity contribution in [2.75, 3.05) is 0 Å². The number of nitrogens with one attached hydrogen (secondary N) is 1. The second-order valence-corrected chi connectivity index (χ2v) is 7.48. The fraction of sp³-hybridized carbons (Fsp3) is 0.588. The van der Waals surface area contributed by atoms with Crippen LogP contribution in [0.5, 0.6) is 0 Å². The Kier molecular flexibility index (Phi) is 4.75. The molecule has 6 nitrogen and oxygen atoms in total. The summed E-state index contributed by atoms with van der Waals surface area (Å²) in [5, 5.41) is 2.68. The molecule has 1 fully saturated rings. The fourth-order valence-corrected chi connectivity index (χ4v) is 3.77. The molecule has 0 radical (unpaired) electrons. The Morgan fingerprint density at radius 2 is 1.91 bits per heavy atom. The van der Waals surface area contributed by atoms with Gasteiger partial charge in [-0.25, -0.2) is 0 Å². The molecule has 2 amide bonds. The Hall–Kier alpha value is -1.95. The van der Waals surface area contributed by atoms with Gasteiger partial charge >= 0.3 is 11.8 Å². The first-order valence-corrected chi connectivity index (χ1v) is 7.90. The van der Waals surface area contributed by atoms with Crippen molar-refractivity contribution in [3.05, 3.63) is 30.1 Å². The number of nitrogens with two attached hydrogens (primary N) is 1. The number of likely N-dealkylation sites (tertiary alicyclic amines) is 1. The number of carbonyl (C=O) groups is 2. The Labute approximate surface area is 137 Å². The lowest BCUT2D eigenvalue weighted by Crippen LogP contribution is -2.67. The molecular weight excluding hydrogens is 292 g/mol. The molecule has 1 aliphatic rings. The third-order valence-corrected chi connectivity index (χ3v) is 4.31. The number of rotatable bonds is 2. The zero-order chi connectivity index (χ0) is 17.3. The Balaban J connectivity index is 2.09. The Morgan fingerprint density at radius 3 is 2.43 bits per heavy atom. The average molecular weight is 318 g/mol. The van der Waals surface area contributed by atoms with Gasteiger partial charge in [-0.1, -0.05) is 6.07 Å². The molecule has 0 saturated carbocycles. The van der Waals surface area contributed by atoms with Crippen molar-refractivity contribution < 1.29 is 9.59 Å². The van der Waals surface area contributed by atoms with Crippen LogP contribution in [0, 0.1) is 0 Å². The van der Waals surface area contributed by atoms with Gasteiger partial charge in [-0.15, -0.1) is 0 Å². The lowest BCUT2D eigenvalue weighted by Gasteiger charge is -2.54. The van der Waals surface area contributed by atoms with E-state index < -0.39 is 22.9 Å². The molecule has 0 aliphatic carbocycles. The molecule has 1 aromatic heterocycles. The minimum Gasteiger partial charge on any atom is -0.344 e. The number of nitrogens with zero attached hydrogens (tertiary/aromatic N) is 2. The monoisotopic (exact) mass is 318 g/mol. The van der Waals surface area contributed by atoms with Gasteiger partial charge in [0.15, 0.2) is 0 Å². The first kappa shape index (κ1) is 17.4. The van der Waals surface area contributed by atoms with E-state index in [2.05, 4.69) is 10.3 Å². The van der Waals surface area contributed by atoms with Crippen molar-refractivity contribution in [2.24, 2.45) is 5.73 Å². The van der Waals surface area contributed by atoms with Gasteiger partial charge in [0.2, 0.25) is 0 Å². The van der Waals surface area contributed by atoms with E-state index in [4.69, 9.17) is 5.73 Å². The summed E-state index contributed by atoms with van der Waals surface area (Å²) in [6, 6.07) is 3.68. The molecule has 6 heteroatoms. The zero-order valence-corrected chi connectivity index (χ0v) is 14.3. The van der Waals surface area contributed by atoms with E-state index in [1.807, 2.05) is 33.8 Å². The molecule has 126 valence electrons. The summed E-state index contributed by atoms with van der Waals surface area (Å²) in [6.45, 7) is 8.12. The van der Waals surface area contributed by atoms with Gasteiger partial charge in [-0.3, -0.25) is 14.6 Å². The summed E-state index contributed by atoms with van der Waals surface area (Å²) in [5.74, 6) is -1.10. The largest absolute Gasteiger partial charge is 0.344 e. The maximum absolute atomic E-state index is 12.7. The number of hydrogen-bond acceptors (Lipinski definition) is 4. The molecule has 23 heavy (non-hydrogen) atoms. The van der Waals surface area contributed by atoms with Crippen molar-refractivity contribution >= 4 is 11.8 Å². The molecule has 1 aromatic rings. The predicted molar refractivity (Wildman–Crippen MR) is 88.3 cm³/mol. The highest BCUT2D eigenvalue weighted by molar-refractivity contribution is 6.35. The second kappa shape index (κ2) is 6.28. The molecule has 1 aliphatic heterocycles. The maximum atomic E-state index is 12.7. The normalized spacial score (nSPS) is 20.1. The second-order valence-electron chi connectivity index (χ2n) is 7.48. The maximum Gasteiger partial charge on any atom is 0.312 e. The summed E-state index contributed by atoms with van der Waals surface area (Å²) >= 11 is 0. The summed E-state index contributed by atoms with van der Waals surface area (Å²) < 4.78 is 0. The average Bonchev–Trinajstić information content (AvgIpc) is 2.42. The molecule has 0 unspecified atom stereocenters. The minimum absolute atomic E-state index is 0.0301. The van der Waals surface area contributed by atoms with Crippen LogP contribution in [0.4, 0.5) is 0 Å². The van der Waals surface area contributed by atoms with Crippen LogP contribution in [-0.2, 0) is 16.1 Å². The van der Waals surface area contributed by atoms with E-state index in [9.17, 15) is 9.59 Å². The SMILES string of the molecule is CC1(C)CC(N)CC(C)(C)N1C(=O)C(=O)NCc1cccnc1. The van der Waals surface area contributed by atoms with Crippen molar-refractivity contribution in [1.82, 2.24) is 15.2 Å². The molecular formula is C17H26N4O2. The highest BCUT2D eigenvalue weighted by atomic mass is 16.2. The fourth-order valence-electron chi connectivity index (χ4n) is 3.77. The quantitative estimate of drug-likeness (QED) is 0.802. The van der Waals surface area contributed by atoms with Crippen molar-refractivity contribution in [3.8, 4) is 0 Å². The predicted octanol–water partition coefficient (Wildman–Crippen LogP) is 1.20. The van der Waals surface area contributed by atoms with Crippen LogP contribution in [0.3, 0.4) is 0 Å². The van der Waals surface area contributed by atoms with Crippen LogP contribution in [0.1, 0.15) is 46.1 Å². The van der Waals surface area contributed by atoms with Crippen molar-refractivity contribution in [1.29, 1.82) is 0 Å². The first-order chi connectivity index (χ1) is 10.6. The minimum atomic E-state index is -0.592. The summed E-state index contributed by atoms with van der Waals surface area (Å²) in [4.78, 5) is 30.7. The van der Waals surface area contributed by atoms with E-state index in [1.54, 1.807) is 23.4 Å². The van der Waals surface area contributed by atoms with Crippen molar-refractivity contribution in [3.63, 3.8) is 0 Å². The highest BCUT2D eigenvalue weighted by Gasteiger charge is 2.48. The van der Waals surface area contributed by atoms with E-state index in [-0.39, 0.29) is 12.6 Å². The molecule has 3 N–H and O–H groups in total. The van der Waals surface area contributed by atoms with E-state index in [1.165, 1.54) is 0 Å². The number of aromatic nitrogens is 1. The van der Waals surface area contributed by atoms with Crippen LogP contribution < -0.4 is 11.1 Å². The number of pyridine rings is 1. The lowest BCUT2D eigenvalue weighted by atomic mass is 9.77. The standard InChI is InChI=1S/C17H26N4O2/c1-16(2)8-13(18)9-17(3,4)21(16)15(23)14(22)20-11-12-6-5-7-19-10-12/h5-7,10,13H,8-9,11,18H2,1-4H3,(H,20,22). The first-order valence-electron chi connectivity index (χ1n) is 7.90. The van der Waals surface area contributed by atoms with Crippen LogP contribution in [-0.4, -0.2) is 38.8 Å². The van der Waals surface area contributed by atoms with E-state index >= 15 is 0 Å². The lowest BCUT2D eigenvalue weighted by molar-refractivity contribution is -0.159. The molecule has 0 aromatic carbocycles. The third kappa shape index (κ3) is 3.88. The van der Waals surface area contributed by atoms with Crippen LogP contribution in [0.15, 0.2) is 24.5 Å². The van der Waals surface area contributed by atoms with Crippen LogP contribution >= 0.6 is 0 Å². The molecule has 0 atom stereocenters. The highest BCUT2D eigenvalue weighted by Crippen LogP contribution is 2.37. The molecule has 0 spiro atoms. The summed E-state index contributed by atoms with van der Waals surface area (Å²) in [5.41, 5.74) is 6.06. The van der Waals surface area contributed by atoms with Crippen LogP contribution in [0.25, 0.3) is 0 Å². The third-order valence-electron chi connectivity index (χ3n) is 4.31. The number of amides is 2. The smallest absolute Gasteiger partial charge is 0.312 e. The zero-order valence-electron chi connectivity index (χ0n) is 14.3. The van der Waals surface area contributed by atoms with Gasteiger partial charge in [-0.05, 0) is 52.2 Å². The number of piperidine rings is 1. The van der Waals surface area contributed by atoms with Gasteiger partial charge in [-0.2, -0.15) is 0 Å². The van der Waals surface area contributed by atoms with Gasteiger partial charge in [0.1, 0.15) is 0 Å². The molecule has 2 heterocycles. The summed E-state index contributed by atoms with van der Waals surface area (Å²) in [6.07, 6.45) is 4.69. The van der Waals surface area contributed by atoms with Gasteiger partial charge in [0, 0.05) is 36.1 Å². The number of carbonyl (C=O) groups excluding carboxylic acids is 2. The van der Waals surface area contributed by atoms with E-state index in [0.717, 1.165) is 5.56 Å². The van der Waals surface area contributed by atoms with Gasteiger partial charge in [0.25, 0.3) is 0 Å². The molecule has 0 bridgehead atoms. The Morgan fingerprint density at radius 1 is 1.30 bits per heavy atom. The Bertz CT molecular complexity index is 566. The number of hydrogen-bond donors (Lipinski definition) is 2. The summed E-state index contributed by atoms with van der Waals surface area (Å²) in [7, 11) is 0. The molecule has 2 rings (SSSR count). The van der Waals surface area contributed by atoms with Crippen molar-refractivity contribution in [2.45, 2.75) is 64.2 Å². The topological polar surface area (TPSA) is 88.3 Å². The van der Waals surface area contributed by atoms with Gasteiger partial charge < -0.3 is 16.0 Å². The van der Waals surface area contributed by atoms with Crippen LogP contribution in [0.2, 0.25) is 0 Å². The van der Waals surface area contributed by atoms with E-state index in [0.29, 0.717) is 12.8 Å². The van der Waals surface area contributed by atoms with Gasteiger partial charge in [0.05, 0.1) is 0 Å². The molecule has 1 saturated heterocycles.